The molecule has 0 aliphatic heterocycles. The fourth-order valence-electron chi connectivity index (χ4n) is 3.61. The first-order valence-electron chi connectivity index (χ1n) is 10.4. The van der Waals surface area contributed by atoms with Crippen molar-refractivity contribution < 1.29 is 15.4 Å². The molecule has 0 radical (unpaired) electrons. The van der Waals surface area contributed by atoms with Gasteiger partial charge < -0.3 is 14.2 Å². The zero-order chi connectivity index (χ0) is 22.1. The Morgan fingerprint density at radius 1 is 1.22 bits per heavy atom. The Bertz CT molecular complexity index is 1360. The first kappa shape index (κ1) is 20.1. The number of aliphatic hydroxyl groups excluding tert-OH is 1. The predicted molar refractivity (Wildman–Crippen MR) is 118 cm³/mol. The molecule has 0 spiro atoms. The van der Waals surface area contributed by atoms with Crippen molar-refractivity contribution in [3.63, 3.8) is 0 Å². The monoisotopic (exact) mass is 435 g/mol. The molecule has 5 rings (SSSR count). The van der Waals surface area contributed by atoms with Crippen LogP contribution in [0.15, 0.2) is 65.8 Å². The van der Waals surface area contributed by atoms with Gasteiger partial charge in [-0.3, -0.25) is 0 Å². The fraction of sp³-hybridized carbons (Fsp3) is 0.217. The van der Waals surface area contributed by atoms with Crippen molar-refractivity contribution in [1.82, 2.24) is 29.5 Å². The Morgan fingerprint density at radius 3 is 2.88 bits per heavy atom. The second-order valence-electron chi connectivity index (χ2n) is 7.57. The molecular formula is C23H23FN6O2. The predicted octanol–water partition coefficient (Wildman–Crippen LogP) is 4.02. The standard InChI is InChI=1S/C23H21FN6O2.H2/c1-2-17(31)13-29-9-7-16-12-25-23(26-22(16)29)30-14-18(20-8-10-32-28-20)21(27-30)11-15-5-3-4-6-19(15)24;/h3-10,12,14,17,31H,2,11,13H2,1H3;1H/i;1+1. The molecule has 32 heavy (non-hydrogen) atoms. The molecule has 4 aromatic heterocycles. The highest BCUT2D eigenvalue weighted by molar-refractivity contribution is 5.75. The van der Waals surface area contributed by atoms with Crippen LogP contribution >= 0.6 is 0 Å². The highest BCUT2D eigenvalue weighted by Gasteiger charge is 2.18. The molecule has 5 aromatic rings. The number of aliphatic hydroxyl groups is 1. The lowest BCUT2D eigenvalue weighted by Crippen LogP contribution is -2.14. The molecule has 0 bridgehead atoms. The van der Waals surface area contributed by atoms with Crippen LogP contribution < -0.4 is 0 Å². The van der Waals surface area contributed by atoms with Crippen molar-refractivity contribution in [2.45, 2.75) is 32.4 Å². The minimum absolute atomic E-state index is 0. The van der Waals surface area contributed by atoms with E-state index in [0.717, 1.165) is 5.39 Å². The van der Waals surface area contributed by atoms with Crippen LogP contribution in [0.5, 0.6) is 0 Å². The van der Waals surface area contributed by atoms with E-state index in [1.165, 1.54) is 12.3 Å². The number of hydrogen-bond donors (Lipinski definition) is 1. The van der Waals surface area contributed by atoms with Crippen molar-refractivity contribution in [3.05, 3.63) is 78.3 Å². The molecule has 1 aromatic carbocycles. The summed E-state index contributed by atoms with van der Waals surface area (Å²) in [6.45, 7) is 2.38. The summed E-state index contributed by atoms with van der Waals surface area (Å²) in [6, 6.07) is 10.3. The average Bonchev–Trinajstić information content (AvgIpc) is 3.55. The van der Waals surface area contributed by atoms with E-state index in [4.69, 9.17) is 4.52 Å². The minimum Gasteiger partial charge on any atom is -0.391 e. The van der Waals surface area contributed by atoms with Crippen LogP contribution in [-0.4, -0.2) is 40.7 Å². The first-order chi connectivity index (χ1) is 15.6. The minimum atomic E-state index is -0.458. The van der Waals surface area contributed by atoms with E-state index in [-0.39, 0.29) is 13.7 Å². The van der Waals surface area contributed by atoms with Crippen LogP contribution in [-0.2, 0) is 13.0 Å². The Kier molecular flexibility index (Phi) is 5.24. The summed E-state index contributed by atoms with van der Waals surface area (Å²) in [6.07, 6.45) is 7.33. The zero-order valence-electron chi connectivity index (χ0n) is 17.4. The summed E-state index contributed by atoms with van der Waals surface area (Å²) in [5, 5.41) is 19.6. The summed E-state index contributed by atoms with van der Waals surface area (Å²) in [5.74, 6) is 0.0751. The number of nitrogens with zero attached hydrogens (tertiary/aromatic N) is 6. The number of hydrogen-bond acceptors (Lipinski definition) is 6. The third-order valence-corrected chi connectivity index (χ3v) is 5.39. The van der Waals surface area contributed by atoms with Crippen LogP contribution in [0.2, 0.25) is 0 Å². The van der Waals surface area contributed by atoms with Crippen molar-refractivity contribution >= 4 is 11.0 Å². The van der Waals surface area contributed by atoms with Gasteiger partial charge in [0.15, 0.2) is 0 Å². The molecule has 0 aliphatic carbocycles. The quantitative estimate of drug-likeness (QED) is 0.415. The highest BCUT2D eigenvalue weighted by Crippen LogP contribution is 2.26. The van der Waals surface area contributed by atoms with Gasteiger partial charge >= 0.3 is 0 Å². The van der Waals surface area contributed by atoms with Gasteiger partial charge in [-0.15, -0.1) is 0 Å². The molecule has 0 fully saturated rings. The van der Waals surface area contributed by atoms with Gasteiger partial charge in [0.25, 0.3) is 5.95 Å². The van der Waals surface area contributed by atoms with Crippen molar-refractivity contribution in [1.29, 1.82) is 0 Å². The number of benzene rings is 1. The summed E-state index contributed by atoms with van der Waals surface area (Å²) in [5.41, 5.74) is 3.17. The lowest BCUT2D eigenvalue weighted by atomic mass is 10.1. The van der Waals surface area contributed by atoms with Crippen molar-refractivity contribution in [2.24, 2.45) is 0 Å². The van der Waals surface area contributed by atoms with Crippen LogP contribution in [0.1, 0.15) is 26.0 Å². The molecular weight excluding hydrogens is 411 g/mol. The van der Waals surface area contributed by atoms with Crippen LogP contribution in [0.25, 0.3) is 28.2 Å². The molecule has 164 valence electrons. The van der Waals surface area contributed by atoms with E-state index in [1.54, 1.807) is 41.3 Å². The van der Waals surface area contributed by atoms with E-state index >= 15 is 0 Å². The van der Waals surface area contributed by atoms with Gasteiger partial charge in [-0.05, 0) is 24.1 Å². The van der Waals surface area contributed by atoms with Gasteiger partial charge in [-0.2, -0.15) is 10.1 Å². The first-order valence-corrected chi connectivity index (χ1v) is 10.4. The molecule has 4 heterocycles. The maximum absolute atomic E-state index is 14.3. The van der Waals surface area contributed by atoms with Gasteiger partial charge in [0, 0.05) is 50.0 Å². The molecule has 0 amide bonds. The summed E-state index contributed by atoms with van der Waals surface area (Å²) in [4.78, 5) is 9.12. The average molecular weight is 435 g/mol. The second-order valence-corrected chi connectivity index (χ2v) is 7.57. The molecule has 1 atom stereocenters. The maximum Gasteiger partial charge on any atom is 0.252 e. The lowest BCUT2D eigenvalue weighted by molar-refractivity contribution is 0.151. The molecule has 1 unspecified atom stereocenters. The van der Waals surface area contributed by atoms with Gasteiger partial charge in [-0.1, -0.05) is 30.3 Å². The summed E-state index contributed by atoms with van der Waals surface area (Å²) in [7, 11) is 0. The van der Waals surface area contributed by atoms with Gasteiger partial charge in [0.1, 0.15) is 23.4 Å². The maximum atomic E-state index is 14.3. The van der Waals surface area contributed by atoms with E-state index in [2.05, 4.69) is 20.2 Å². The van der Waals surface area contributed by atoms with Crippen LogP contribution in [0, 0.1) is 5.82 Å². The summed E-state index contributed by atoms with van der Waals surface area (Å²) >= 11 is 0. The summed E-state index contributed by atoms with van der Waals surface area (Å²) < 4.78 is 22.7. The highest BCUT2D eigenvalue weighted by atomic mass is 19.1. The van der Waals surface area contributed by atoms with E-state index < -0.39 is 6.10 Å². The molecule has 8 nitrogen and oxygen atoms in total. The molecule has 9 heteroatoms. The Hall–Kier alpha value is -3.85. The Labute approximate surface area is 184 Å². The van der Waals surface area contributed by atoms with Gasteiger partial charge in [0.05, 0.1) is 11.8 Å². The molecule has 0 saturated carbocycles. The smallest absolute Gasteiger partial charge is 0.252 e. The van der Waals surface area contributed by atoms with Crippen molar-refractivity contribution in [3.8, 4) is 17.2 Å². The fourth-order valence-corrected chi connectivity index (χ4v) is 3.61. The second kappa shape index (κ2) is 8.35. The van der Waals surface area contributed by atoms with Crippen LogP contribution in [0.4, 0.5) is 4.39 Å². The van der Waals surface area contributed by atoms with E-state index in [1.807, 2.05) is 23.8 Å². The Balaban J connectivity index is 0.00000259. The molecule has 1 N–H and O–H groups in total. The third kappa shape index (κ3) is 3.78. The third-order valence-electron chi connectivity index (χ3n) is 5.39. The number of aromatic nitrogens is 6. The number of halogens is 1. The SMILES string of the molecule is CCC(O)Cn1ccc2cnc(-n3cc(-c4ccon4)c(Cc4ccccc4F)n3)nc21.[2HH]. The van der Waals surface area contributed by atoms with Gasteiger partial charge in [0.2, 0.25) is 0 Å². The molecule has 0 aliphatic rings. The number of rotatable bonds is 7. The number of fused-ring (bicyclic) bond motifs is 1. The zero-order valence-corrected chi connectivity index (χ0v) is 17.4. The van der Waals surface area contributed by atoms with Gasteiger partial charge in [-0.25, -0.2) is 14.1 Å². The van der Waals surface area contributed by atoms with Crippen molar-refractivity contribution in [2.75, 3.05) is 0 Å². The van der Waals surface area contributed by atoms with E-state index in [0.29, 0.717) is 47.1 Å². The largest absolute Gasteiger partial charge is 0.391 e. The van der Waals surface area contributed by atoms with Crippen LogP contribution in [0.3, 0.4) is 0 Å². The lowest BCUT2D eigenvalue weighted by Gasteiger charge is -2.10. The Morgan fingerprint density at radius 2 is 2.09 bits per heavy atom. The molecule has 0 saturated heterocycles. The normalized spacial score (nSPS) is 12.5. The van der Waals surface area contributed by atoms with E-state index in [9.17, 15) is 9.50 Å². The topological polar surface area (TPSA) is 94.8 Å².